The lowest BCUT2D eigenvalue weighted by molar-refractivity contribution is 0.0734. The molecular formula is C27H17NO6S. The number of imide groups is 1. The smallest absolute Gasteiger partial charge is 0.343 e. The maximum atomic E-state index is 12.7. The summed E-state index contributed by atoms with van der Waals surface area (Å²) in [6.07, 6.45) is 0. The minimum atomic E-state index is -3.71. The molecule has 0 saturated heterocycles. The number of benzene rings is 4. The molecule has 7 nitrogen and oxygen atoms in total. The number of hydrogen-bond acceptors (Lipinski definition) is 6. The number of fused-ring (bicyclic) bond motifs is 1. The molecule has 0 radical (unpaired) electrons. The van der Waals surface area contributed by atoms with E-state index in [0.29, 0.717) is 11.1 Å². The summed E-state index contributed by atoms with van der Waals surface area (Å²) in [5.41, 5.74) is 1.03. The number of anilines is 1. The molecule has 8 heteroatoms. The highest BCUT2D eigenvalue weighted by Crippen LogP contribution is 2.30. The zero-order valence-electron chi connectivity index (χ0n) is 18.1. The Kier molecular flexibility index (Phi) is 5.50. The molecule has 1 aliphatic rings. The normalized spacial score (nSPS) is 13.0. The third-order valence-corrected chi connectivity index (χ3v) is 7.32. The van der Waals surface area contributed by atoms with Crippen molar-refractivity contribution in [1.82, 2.24) is 0 Å². The van der Waals surface area contributed by atoms with Crippen LogP contribution >= 0.6 is 0 Å². The summed E-state index contributed by atoms with van der Waals surface area (Å²) in [5, 5.41) is 0. The first-order chi connectivity index (χ1) is 16.9. The van der Waals surface area contributed by atoms with E-state index in [1.807, 2.05) is 0 Å². The second-order valence-corrected chi connectivity index (χ2v) is 9.67. The van der Waals surface area contributed by atoms with Gasteiger partial charge in [-0.3, -0.25) is 9.59 Å². The highest BCUT2D eigenvalue weighted by atomic mass is 32.2. The van der Waals surface area contributed by atoms with E-state index >= 15 is 0 Å². The average Bonchev–Trinajstić information content (AvgIpc) is 3.14. The van der Waals surface area contributed by atoms with Gasteiger partial charge in [-0.2, -0.15) is 0 Å². The second-order valence-electron chi connectivity index (χ2n) is 7.72. The Balaban J connectivity index is 1.35. The van der Waals surface area contributed by atoms with Crippen LogP contribution in [0, 0.1) is 0 Å². The molecule has 2 amide bonds. The van der Waals surface area contributed by atoms with Crippen molar-refractivity contribution in [2.75, 3.05) is 4.90 Å². The van der Waals surface area contributed by atoms with Crippen LogP contribution in [0.1, 0.15) is 31.1 Å². The lowest BCUT2D eigenvalue weighted by Gasteiger charge is -2.15. The van der Waals surface area contributed by atoms with Crippen LogP contribution < -0.4 is 9.64 Å². The van der Waals surface area contributed by atoms with Crippen LogP contribution in [0.3, 0.4) is 0 Å². The summed E-state index contributed by atoms with van der Waals surface area (Å²) in [5.74, 6) is -1.49. The first-order valence-corrected chi connectivity index (χ1v) is 12.0. The molecule has 4 aromatic rings. The topological polar surface area (TPSA) is 97.8 Å². The minimum Gasteiger partial charge on any atom is -0.423 e. The van der Waals surface area contributed by atoms with Crippen LogP contribution in [0.5, 0.6) is 5.75 Å². The number of amides is 2. The predicted molar refractivity (Wildman–Crippen MR) is 127 cm³/mol. The molecule has 0 saturated carbocycles. The average molecular weight is 484 g/mol. The van der Waals surface area contributed by atoms with Crippen LogP contribution in [0.15, 0.2) is 113 Å². The quantitative estimate of drug-likeness (QED) is 0.235. The highest BCUT2D eigenvalue weighted by molar-refractivity contribution is 7.91. The Bertz CT molecular complexity index is 1540. The van der Waals surface area contributed by atoms with E-state index in [4.69, 9.17) is 4.74 Å². The van der Waals surface area contributed by atoms with Crippen LogP contribution in [0.4, 0.5) is 5.69 Å². The molecule has 0 aliphatic carbocycles. The summed E-state index contributed by atoms with van der Waals surface area (Å²) < 4.78 is 30.9. The van der Waals surface area contributed by atoms with Crippen molar-refractivity contribution in [2.24, 2.45) is 0 Å². The molecule has 0 aromatic heterocycles. The summed E-state index contributed by atoms with van der Waals surface area (Å²) in [7, 11) is -3.71. The van der Waals surface area contributed by atoms with Gasteiger partial charge in [0, 0.05) is 6.07 Å². The van der Waals surface area contributed by atoms with E-state index in [1.54, 1.807) is 54.6 Å². The SMILES string of the molecule is O=C(Oc1cccc(N2C(=O)c3ccccc3C2=O)c1)c1ccc(S(=O)(=O)c2ccccc2)cc1. The number of rotatable bonds is 5. The Hall–Kier alpha value is -4.56. The number of nitrogens with zero attached hydrogens (tertiary/aromatic N) is 1. The number of esters is 1. The van der Waals surface area contributed by atoms with Gasteiger partial charge in [-0.05, 0) is 60.7 Å². The fraction of sp³-hybridized carbons (Fsp3) is 0. The molecule has 1 heterocycles. The van der Waals surface area contributed by atoms with Gasteiger partial charge in [0.25, 0.3) is 11.8 Å². The monoisotopic (exact) mass is 483 g/mol. The van der Waals surface area contributed by atoms with Crippen molar-refractivity contribution < 1.29 is 27.5 Å². The van der Waals surface area contributed by atoms with E-state index < -0.39 is 27.6 Å². The summed E-state index contributed by atoms with van der Waals surface area (Å²) in [4.78, 5) is 39.4. The number of sulfone groups is 1. The fourth-order valence-corrected chi connectivity index (χ4v) is 5.06. The van der Waals surface area contributed by atoms with Crippen LogP contribution in [-0.4, -0.2) is 26.2 Å². The van der Waals surface area contributed by atoms with Gasteiger partial charge in [-0.25, -0.2) is 18.1 Å². The molecule has 0 N–H and O–H groups in total. The third-order valence-electron chi connectivity index (χ3n) is 5.53. The summed E-state index contributed by atoms with van der Waals surface area (Å²) in [6.45, 7) is 0. The van der Waals surface area contributed by atoms with E-state index in [2.05, 4.69) is 0 Å². The first kappa shape index (κ1) is 22.2. The Morgan fingerprint density at radius 3 is 1.86 bits per heavy atom. The van der Waals surface area contributed by atoms with Gasteiger partial charge in [0.15, 0.2) is 0 Å². The highest BCUT2D eigenvalue weighted by Gasteiger charge is 2.36. The van der Waals surface area contributed by atoms with Crippen LogP contribution in [0.2, 0.25) is 0 Å². The van der Waals surface area contributed by atoms with Gasteiger partial charge in [-0.15, -0.1) is 0 Å². The third kappa shape index (κ3) is 4.00. The van der Waals surface area contributed by atoms with Crippen LogP contribution in [-0.2, 0) is 9.84 Å². The lowest BCUT2D eigenvalue weighted by Crippen LogP contribution is -2.29. The molecule has 5 rings (SSSR count). The summed E-state index contributed by atoms with van der Waals surface area (Å²) in [6, 6.07) is 26.0. The van der Waals surface area contributed by atoms with Gasteiger partial charge in [-0.1, -0.05) is 36.4 Å². The molecule has 0 fully saturated rings. The standard InChI is InChI=1S/C27H17NO6S/c29-25-23-11-4-5-12-24(23)26(30)28(25)19-7-6-8-20(17-19)34-27(31)18-13-15-22(16-14-18)35(32,33)21-9-2-1-3-10-21/h1-17H. The van der Waals surface area contributed by atoms with Gasteiger partial charge in [0.05, 0.1) is 32.2 Å². The maximum absolute atomic E-state index is 12.7. The molecule has 172 valence electrons. The molecule has 0 spiro atoms. The van der Waals surface area contributed by atoms with E-state index in [1.165, 1.54) is 48.5 Å². The van der Waals surface area contributed by atoms with Gasteiger partial charge >= 0.3 is 5.97 Å². The Morgan fingerprint density at radius 1 is 0.657 bits per heavy atom. The predicted octanol–water partition coefficient (Wildman–Crippen LogP) is 4.54. The largest absolute Gasteiger partial charge is 0.423 e. The minimum absolute atomic E-state index is 0.0490. The van der Waals surface area contributed by atoms with Crippen molar-refractivity contribution in [1.29, 1.82) is 0 Å². The van der Waals surface area contributed by atoms with Crippen molar-refractivity contribution in [3.63, 3.8) is 0 Å². The Morgan fingerprint density at radius 2 is 1.23 bits per heavy atom. The van der Waals surface area contributed by atoms with E-state index in [-0.39, 0.29) is 26.8 Å². The second kappa shape index (κ2) is 8.66. The van der Waals surface area contributed by atoms with Crippen molar-refractivity contribution in [3.05, 3.63) is 120 Å². The van der Waals surface area contributed by atoms with E-state index in [0.717, 1.165) is 4.90 Å². The van der Waals surface area contributed by atoms with Crippen molar-refractivity contribution >= 4 is 33.3 Å². The number of hydrogen-bond donors (Lipinski definition) is 0. The first-order valence-electron chi connectivity index (χ1n) is 10.6. The van der Waals surface area contributed by atoms with Crippen LogP contribution in [0.25, 0.3) is 0 Å². The van der Waals surface area contributed by atoms with Gasteiger partial charge < -0.3 is 4.74 Å². The summed E-state index contributed by atoms with van der Waals surface area (Å²) >= 11 is 0. The van der Waals surface area contributed by atoms with Gasteiger partial charge in [0.2, 0.25) is 9.84 Å². The number of carbonyl (C=O) groups excluding carboxylic acids is 3. The molecule has 1 aliphatic heterocycles. The molecule has 35 heavy (non-hydrogen) atoms. The zero-order valence-corrected chi connectivity index (χ0v) is 18.9. The van der Waals surface area contributed by atoms with Crippen molar-refractivity contribution in [2.45, 2.75) is 9.79 Å². The van der Waals surface area contributed by atoms with E-state index in [9.17, 15) is 22.8 Å². The Labute approximate surface area is 201 Å². The lowest BCUT2D eigenvalue weighted by atomic mass is 10.1. The number of ether oxygens (including phenoxy) is 1. The maximum Gasteiger partial charge on any atom is 0.343 e. The zero-order chi connectivity index (χ0) is 24.6. The number of carbonyl (C=O) groups is 3. The molecular weight excluding hydrogens is 466 g/mol. The fourth-order valence-electron chi connectivity index (χ4n) is 3.78. The molecule has 4 aromatic carbocycles. The van der Waals surface area contributed by atoms with Crippen molar-refractivity contribution in [3.8, 4) is 5.75 Å². The molecule has 0 atom stereocenters. The van der Waals surface area contributed by atoms with Gasteiger partial charge in [0.1, 0.15) is 5.75 Å². The molecule has 0 bridgehead atoms. The molecule has 0 unspecified atom stereocenters.